The van der Waals surface area contributed by atoms with Crippen molar-refractivity contribution in [2.75, 3.05) is 10.2 Å². The number of halogens is 3. The van der Waals surface area contributed by atoms with Crippen LogP contribution in [-0.4, -0.2) is 20.7 Å². The van der Waals surface area contributed by atoms with E-state index in [2.05, 4.69) is 78.4 Å². The van der Waals surface area contributed by atoms with Gasteiger partial charge in [-0.2, -0.15) is 0 Å². The van der Waals surface area contributed by atoms with Crippen molar-refractivity contribution in [1.29, 1.82) is 0 Å². The fourth-order valence-corrected chi connectivity index (χ4v) is 3.51. The lowest BCUT2D eigenvalue weighted by Crippen LogP contribution is -2.28. The maximum absolute atomic E-state index is 11.4. The van der Waals surface area contributed by atoms with Gasteiger partial charge < -0.3 is 10.2 Å². The molecular weight excluding hydrogens is 554 g/mol. The first-order valence-corrected chi connectivity index (χ1v) is 12.7. The molecule has 28 heavy (non-hydrogen) atoms. The number of aromatic nitrogens is 3. The van der Waals surface area contributed by atoms with Crippen molar-refractivity contribution in [2.45, 2.75) is 13.5 Å². The molecule has 144 valence electrons. The highest BCUT2D eigenvalue weighted by atomic mass is 80.9. The third-order valence-electron chi connectivity index (χ3n) is 4.23. The van der Waals surface area contributed by atoms with Gasteiger partial charge in [-0.3, -0.25) is 9.36 Å². The van der Waals surface area contributed by atoms with Crippen LogP contribution in [0.15, 0.2) is 59.8 Å². The summed E-state index contributed by atoms with van der Waals surface area (Å²) < 4.78 is 2.55. The first kappa shape index (κ1) is 20.8. The van der Waals surface area contributed by atoms with Crippen LogP contribution in [0.4, 0.5) is 11.6 Å². The van der Waals surface area contributed by atoms with Crippen LogP contribution in [-0.2, 0) is 11.3 Å². The van der Waals surface area contributed by atoms with Crippen LogP contribution in [0.1, 0.15) is 18.1 Å². The molecule has 0 aliphatic carbocycles. The maximum Gasteiger partial charge on any atom is 0.237 e. The molecule has 1 amide bonds. The minimum Gasteiger partial charge on any atom is -0.326 e. The minimum atomic E-state index is -0.112. The van der Waals surface area contributed by atoms with Gasteiger partial charge in [-0.05, 0) is 39.7 Å². The Bertz CT molecular complexity index is 1020. The molecule has 1 aliphatic rings. The SMILES string of the molecule is BrBr.C=C1c2cc(NC(C)=O)ccc2-n2c(Br)nnc2N1Cc1ccccc1. The standard InChI is InChI=1S/C19H16BrN5O.Br2/c1-12-16-10-15(21-13(2)26)8-9-17(16)25-18(20)22-23-19(25)24(12)11-14-6-4-3-5-7-14;1-2/h3-10H,1,11H2,2H3,(H,21,26);. The molecule has 4 rings (SSSR count). The van der Waals surface area contributed by atoms with Gasteiger partial charge in [0.1, 0.15) is 0 Å². The van der Waals surface area contributed by atoms with Crippen molar-refractivity contribution in [3.8, 4) is 5.69 Å². The monoisotopic (exact) mass is 567 g/mol. The Morgan fingerprint density at radius 1 is 1.14 bits per heavy atom. The van der Waals surface area contributed by atoms with E-state index in [-0.39, 0.29) is 5.91 Å². The van der Waals surface area contributed by atoms with Crippen molar-refractivity contribution in [3.63, 3.8) is 0 Å². The van der Waals surface area contributed by atoms with E-state index in [1.807, 2.05) is 45.9 Å². The first-order valence-electron chi connectivity index (χ1n) is 8.22. The molecule has 0 unspecified atom stereocenters. The second-order valence-corrected chi connectivity index (χ2v) is 6.75. The number of fused-ring (bicyclic) bond motifs is 3. The molecule has 0 radical (unpaired) electrons. The number of benzene rings is 2. The second-order valence-electron chi connectivity index (χ2n) is 6.04. The van der Waals surface area contributed by atoms with Crippen molar-refractivity contribution in [3.05, 3.63) is 71.0 Å². The fourth-order valence-electron chi connectivity index (χ4n) is 3.08. The predicted molar refractivity (Wildman–Crippen MR) is 123 cm³/mol. The molecule has 9 heteroatoms. The van der Waals surface area contributed by atoms with Gasteiger partial charge in [-0.1, -0.05) is 36.9 Å². The van der Waals surface area contributed by atoms with E-state index in [1.54, 1.807) is 0 Å². The molecule has 0 saturated heterocycles. The zero-order valence-corrected chi connectivity index (χ0v) is 19.6. The molecule has 2 heterocycles. The normalized spacial score (nSPS) is 11.9. The van der Waals surface area contributed by atoms with Gasteiger partial charge in [-0.25, -0.2) is 0 Å². The molecule has 1 aromatic heterocycles. The van der Waals surface area contributed by atoms with Crippen LogP contribution >= 0.6 is 44.2 Å². The first-order chi connectivity index (χ1) is 13.5. The van der Waals surface area contributed by atoms with Crippen LogP contribution in [0.3, 0.4) is 0 Å². The van der Waals surface area contributed by atoms with Crippen molar-refractivity contribution < 1.29 is 4.79 Å². The highest BCUT2D eigenvalue weighted by molar-refractivity contribution is 9.93. The molecular formula is C19H16Br3N5O. The third kappa shape index (κ3) is 4.06. The lowest BCUT2D eigenvalue weighted by Gasteiger charge is -2.32. The lowest BCUT2D eigenvalue weighted by molar-refractivity contribution is -0.114. The number of amides is 1. The molecule has 0 saturated carbocycles. The van der Waals surface area contributed by atoms with Crippen LogP contribution < -0.4 is 10.2 Å². The summed E-state index contributed by atoms with van der Waals surface area (Å²) in [7, 11) is 0. The number of anilines is 2. The van der Waals surface area contributed by atoms with E-state index in [0.717, 1.165) is 28.2 Å². The summed E-state index contributed by atoms with van der Waals surface area (Å²) in [6.07, 6.45) is 0. The Kier molecular flexibility index (Phi) is 6.69. The smallest absolute Gasteiger partial charge is 0.237 e. The molecule has 0 fully saturated rings. The quantitative estimate of drug-likeness (QED) is 0.441. The minimum absolute atomic E-state index is 0.112. The number of nitrogens with one attached hydrogen (secondary N) is 1. The zero-order chi connectivity index (χ0) is 20.3. The van der Waals surface area contributed by atoms with Crippen LogP contribution in [0.25, 0.3) is 11.4 Å². The number of hydrogen-bond acceptors (Lipinski definition) is 4. The van der Waals surface area contributed by atoms with Crippen molar-refractivity contribution in [1.82, 2.24) is 14.8 Å². The van der Waals surface area contributed by atoms with Gasteiger partial charge in [0.2, 0.25) is 16.6 Å². The van der Waals surface area contributed by atoms with E-state index in [9.17, 15) is 4.79 Å². The summed E-state index contributed by atoms with van der Waals surface area (Å²) in [4.78, 5) is 13.4. The largest absolute Gasteiger partial charge is 0.326 e. The molecule has 1 aliphatic heterocycles. The summed E-state index contributed by atoms with van der Waals surface area (Å²) in [6, 6.07) is 15.8. The predicted octanol–water partition coefficient (Wildman–Crippen LogP) is 5.67. The summed E-state index contributed by atoms with van der Waals surface area (Å²) in [5, 5.41) is 11.3. The van der Waals surface area contributed by atoms with Gasteiger partial charge in [0.25, 0.3) is 0 Å². The highest BCUT2D eigenvalue weighted by Crippen LogP contribution is 2.39. The maximum atomic E-state index is 11.4. The third-order valence-corrected chi connectivity index (χ3v) is 4.74. The van der Waals surface area contributed by atoms with Gasteiger partial charge in [0.05, 0.1) is 12.2 Å². The highest BCUT2D eigenvalue weighted by Gasteiger charge is 2.29. The number of carbonyl (C=O) groups excluding carboxylic acids is 1. The number of hydrogen-bond donors (Lipinski definition) is 1. The Balaban J connectivity index is 0.00000109. The Labute approximate surface area is 186 Å². The molecule has 2 aromatic carbocycles. The molecule has 6 nitrogen and oxygen atoms in total. The van der Waals surface area contributed by atoms with Gasteiger partial charge >= 0.3 is 0 Å². The van der Waals surface area contributed by atoms with Gasteiger partial charge in [0.15, 0.2) is 0 Å². The summed E-state index contributed by atoms with van der Waals surface area (Å²) in [6.45, 7) is 6.39. The Morgan fingerprint density at radius 3 is 2.54 bits per heavy atom. The molecule has 1 N–H and O–H groups in total. The van der Waals surface area contributed by atoms with E-state index in [4.69, 9.17) is 0 Å². The van der Waals surface area contributed by atoms with Crippen molar-refractivity contribution >= 4 is 67.4 Å². The summed E-state index contributed by atoms with van der Waals surface area (Å²) in [5.41, 5.74) is 4.51. The number of rotatable bonds is 3. The second kappa shape index (κ2) is 9.02. The summed E-state index contributed by atoms with van der Waals surface area (Å²) in [5.74, 6) is 0.587. The number of nitrogens with zero attached hydrogens (tertiary/aromatic N) is 4. The van der Waals surface area contributed by atoms with Crippen molar-refractivity contribution in [2.24, 2.45) is 0 Å². The fraction of sp³-hybridized carbons (Fsp3) is 0.105. The summed E-state index contributed by atoms with van der Waals surface area (Å²) >= 11 is 8.98. The van der Waals surface area contributed by atoms with Gasteiger partial charge in [-0.15, -0.1) is 10.2 Å². The average Bonchev–Trinajstić information content (AvgIpc) is 3.08. The Morgan fingerprint density at radius 2 is 1.86 bits per heavy atom. The topological polar surface area (TPSA) is 63.1 Å². The van der Waals surface area contributed by atoms with E-state index in [0.29, 0.717) is 17.2 Å². The zero-order valence-electron chi connectivity index (χ0n) is 14.9. The molecule has 3 aromatic rings. The van der Waals surface area contributed by atoms with Crippen LogP contribution in [0.5, 0.6) is 0 Å². The van der Waals surface area contributed by atoms with Crippen LogP contribution in [0.2, 0.25) is 0 Å². The Hall–Kier alpha value is -1.97. The van der Waals surface area contributed by atoms with Gasteiger partial charge in [0, 0.05) is 52.1 Å². The van der Waals surface area contributed by atoms with E-state index in [1.165, 1.54) is 6.92 Å². The average molecular weight is 570 g/mol. The van der Waals surface area contributed by atoms with E-state index < -0.39 is 0 Å². The molecule has 0 atom stereocenters. The van der Waals surface area contributed by atoms with Crippen LogP contribution in [0, 0.1) is 0 Å². The molecule has 0 spiro atoms. The molecule has 0 bridgehead atoms. The lowest BCUT2D eigenvalue weighted by atomic mass is 10.0. The van der Waals surface area contributed by atoms with E-state index >= 15 is 0 Å². The number of carbonyl (C=O) groups is 1.